The van der Waals surface area contributed by atoms with Crippen LogP contribution in [0.2, 0.25) is 0 Å². The summed E-state index contributed by atoms with van der Waals surface area (Å²) in [5.74, 6) is 0.216. The Kier molecular flexibility index (Phi) is 2.09. The molecule has 0 bridgehead atoms. The zero-order valence-corrected chi connectivity index (χ0v) is 7.99. The lowest BCUT2D eigenvalue weighted by molar-refractivity contribution is 0.177. The van der Waals surface area contributed by atoms with E-state index >= 15 is 0 Å². The number of β-amino-alcohol motifs (C(OH)–C–C–N with tert-alkyl or cyclic N) is 1. The molecule has 2 unspecified atom stereocenters. The number of aromatic nitrogens is 2. The Morgan fingerprint density at radius 3 is 2.85 bits per heavy atom. The number of aliphatic hydroxyl groups excluding tert-OH is 1. The summed E-state index contributed by atoms with van der Waals surface area (Å²) in [6.07, 6.45) is 1.60. The van der Waals surface area contributed by atoms with Crippen molar-refractivity contribution in [2.75, 3.05) is 13.1 Å². The van der Waals surface area contributed by atoms with Gasteiger partial charge in [-0.15, -0.1) is 0 Å². The van der Waals surface area contributed by atoms with E-state index in [-0.39, 0.29) is 12.0 Å². The van der Waals surface area contributed by atoms with Crippen molar-refractivity contribution < 1.29 is 5.11 Å². The Balaban J connectivity index is 2.29. The first-order chi connectivity index (χ1) is 6.20. The van der Waals surface area contributed by atoms with Crippen molar-refractivity contribution in [2.45, 2.75) is 18.9 Å². The predicted molar refractivity (Wildman–Crippen MR) is 49.6 cm³/mol. The molecule has 1 saturated heterocycles. The second-order valence-electron chi connectivity index (χ2n) is 3.64. The van der Waals surface area contributed by atoms with Gasteiger partial charge in [-0.2, -0.15) is 5.10 Å². The van der Waals surface area contributed by atoms with Gasteiger partial charge in [0.15, 0.2) is 0 Å². The fourth-order valence-corrected chi connectivity index (χ4v) is 1.86. The smallest absolute Gasteiger partial charge is 0.0746 e. The van der Waals surface area contributed by atoms with Gasteiger partial charge >= 0.3 is 0 Å². The van der Waals surface area contributed by atoms with Gasteiger partial charge in [0, 0.05) is 31.7 Å². The van der Waals surface area contributed by atoms with E-state index in [0.29, 0.717) is 6.54 Å². The zero-order valence-electron chi connectivity index (χ0n) is 7.99. The van der Waals surface area contributed by atoms with E-state index in [9.17, 15) is 5.11 Å². The molecule has 2 heterocycles. The SMILES string of the molecule is Cc1c(C2CNCC2O)cnn1C. The van der Waals surface area contributed by atoms with Gasteiger partial charge in [0.1, 0.15) is 0 Å². The zero-order chi connectivity index (χ0) is 9.42. The normalized spacial score (nSPS) is 28.2. The maximum atomic E-state index is 9.68. The van der Waals surface area contributed by atoms with Crippen LogP contribution in [0, 0.1) is 6.92 Å². The monoisotopic (exact) mass is 181 g/mol. The van der Waals surface area contributed by atoms with Crippen molar-refractivity contribution in [2.24, 2.45) is 7.05 Å². The Labute approximate surface area is 77.6 Å². The van der Waals surface area contributed by atoms with Crippen molar-refractivity contribution in [3.05, 3.63) is 17.5 Å². The summed E-state index contributed by atoms with van der Waals surface area (Å²) in [6.45, 7) is 3.58. The topological polar surface area (TPSA) is 50.1 Å². The molecule has 1 aromatic rings. The van der Waals surface area contributed by atoms with Crippen molar-refractivity contribution in [3.63, 3.8) is 0 Å². The van der Waals surface area contributed by atoms with Crippen molar-refractivity contribution in [1.29, 1.82) is 0 Å². The van der Waals surface area contributed by atoms with Crippen LogP contribution in [0.3, 0.4) is 0 Å². The maximum Gasteiger partial charge on any atom is 0.0746 e. The molecule has 4 heteroatoms. The van der Waals surface area contributed by atoms with Gasteiger partial charge in [-0.05, 0) is 12.5 Å². The van der Waals surface area contributed by atoms with Crippen LogP contribution in [-0.4, -0.2) is 34.1 Å². The number of aryl methyl sites for hydroxylation is 1. The van der Waals surface area contributed by atoms with Crippen LogP contribution in [0.25, 0.3) is 0 Å². The fourth-order valence-electron chi connectivity index (χ4n) is 1.86. The third-order valence-electron chi connectivity index (χ3n) is 2.85. The maximum absolute atomic E-state index is 9.68. The van der Waals surface area contributed by atoms with Crippen LogP contribution in [0.15, 0.2) is 6.20 Å². The van der Waals surface area contributed by atoms with E-state index in [2.05, 4.69) is 10.4 Å². The van der Waals surface area contributed by atoms with Crippen LogP contribution in [0.5, 0.6) is 0 Å². The van der Waals surface area contributed by atoms with E-state index in [1.807, 2.05) is 24.9 Å². The van der Waals surface area contributed by atoms with Gasteiger partial charge in [-0.25, -0.2) is 0 Å². The highest BCUT2D eigenvalue weighted by Gasteiger charge is 2.28. The molecule has 0 saturated carbocycles. The summed E-state index contributed by atoms with van der Waals surface area (Å²) >= 11 is 0. The van der Waals surface area contributed by atoms with Crippen LogP contribution >= 0.6 is 0 Å². The number of nitrogens with zero attached hydrogens (tertiary/aromatic N) is 2. The highest BCUT2D eigenvalue weighted by atomic mass is 16.3. The van der Waals surface area contributed by atoms with E-state index in [0.717, 1.165) is 12.2 Å². The highest BCUT2D eigenvalue weighted by molar-refractivity contribution is 5.24. The quantitative estimate of drug-likeness (QED) is 0.629. The summed E-state index contributed by atoms with van der Waals surface area (Å²) in [7, 11) is 1.92. The van der Waals surface area contributed by atoms with Crippen molar-refractivity contribution in [3.8, 4) is 0 Å². The lowest BCUT2D eigenvalue weighted by atomic mass is 9.97. The van der Waals surface area contributed by atoms with E-state index in [4.69, 9.17) is 0 Å². The van der Waals surface area contributed by atoms with Crippen LogP contribution in [0.4, 0.5) is 0 Å². The number of rotatable bonds is 1. The molecule has 72 valence electrons. The van der Waals surface area contributed by atoms with Gasteiger partial charge in [0.2, 0.25) is 0 Å². The number of aliphatic hydroxyl groups is 1. The number of hydrogen-bond acceptors (Lipinski definition) is 3. The first kappa shape index (κ1) is 8.72. The number of hydrogen-bond donors (Lipinski definition) is 2. The molecule has 2 atom stereocenters. The first-order valence-electron chi connectivity index (χ1n) is 4.57. The highest BCUT2D eigenvalue weighted by Crippen LogP contribution is 2.24. The van der Waals surface area contributed by atoms with Crippen molar-refractivity contribution >= 4 is 0 Å². The summed E-state index contributed by atoms with van der Waals surface area (Å²) < 4.78 is 1.85. The fraction of sp³-hybridized carbons (Fsp3) is 0.667. The van der Waals surface area contributed by atoms with Gasteiger partial charge in [0.05, 0.1) is 12.3 Å². The molecule has 2 N–H and O–H groups in total. The summed E-state index contributed by atoms with van der Waals surface area (Å²) in [6, 6.07) is 0. The minimum atomic E-state index is -0.261. The molecule has 0 aliphatic carbocycles. The molecule has 0 radical (unpaired) electrons. The van der Waals surface area contributed by atoms with Crippen molar-refractivity contribution in [1.82, 2.24) is 15.1 Å². The molecule has 13 heavy (non-hydrogen) atoms. The molecule has 4 nitrogen and oxygen atoms in total. The van der Waals surface area contributed by atoms with Crippen LogP contribution in [-0.2, 0) is 7.05 Å². The lowest BCUT2D eigenvalue weighted by Gasteiger charge is -2.12. The van der Waals surface area contributed by atoms with E-state index in [1.165, 1.54) is 5.56 Å². The van der Waals surface area contributed by atoms with Gasteiger partial charge in [-0.3, -0.25) is 4.68 Å². The molecule has 1 aliphatic heterocycles. The third-order valence-corrected chi connectivity index (χ3v) is 2.85. The lowest BCUT2D eigenvalue weighted by Crippen LogP contribution is -2.16. The predicted octanol–water partition coefficient (Wildman–Crippen LogP) is -0.224. The summed E-state index contributed by atoms with van der Waals surface area (Å²) in [5, 5.41) is 17.0. The molecular weight excluding hydrogens is 166 g/mol. The largest absolute Gasteiger partial charge is 0.391 e. The Morgan fingerprint density at radius 1 is 1.62 bits per heavy atom. The average Bonchev–Trinajstić information content (AvgIpc) is 2.62. The molecule has 2 rings (SSSR count). The summed E-state index contributed by atoms with van der Waals surface area (Å²) in [4.78, 5) is 0. The summed E-state index contributed by atoms with van der Waals surface area (Å²) in [5.41, 5.74) is 2.31. The van der Waals surface area contributed by atoms with E-state index in [1.54, 1.807) is 0 Å². The Bertz CT molecular complexity index is 308. The minimum Gasteiger partial charge on any atom is -0.391 e. The standard InChI is InChI=1S/C9H15N3O/c1-6-7(4-11-12(6)2)8-3-10-5-9(8)13/h4,8-10,13H,3,5H2,1-2H3. The van der Waals surface area contributed by atoms with Gasteiger partial charge in [-0.1, -0.05) is 0 Å². The molecule has 1 aromatic heterocycles. The molecule has 1 aliphatic rings. The Morgan fingerprint density at radius 2 is 2.38 bits per heavy atom. The molecular formula is C9H15N3O. The molecule has 0 aromatic carbocycles. The van der Waals surface area contributed by atoms with Gasteiger partial charge < -0.3 is 10.4 Å². The Hall–Kier alpha value is -0.870. The van der Waals surface area contributed by atoms with Crippen LogP contribution in [0.1, 0.15) is 17.2 Å². The molecule has 0 amide bonds. The van der Waals surface area contributed by atoms with Crippen LogP contribution < -0.4 is 5.32 Å². The first-order valence-corrected chi connectivity index (χ1v) is 4.57. The van der Waals surface area contributed by atoms with Gasteiger partial charge in [0.25, 0.3) is 0 Å². The molecule has 1 fully saturated rings. The third kappa shape index (κ3) is 1.36. The number of nitrogens with one attached hydrogen (secondary N) is 1. The second-order valence-corrected chi connectivity index (χ2v) is 3.64. The minimum absolute atomic E-state index is 0.216. The van der Waals surface area contributed by atoms with E-state index < -0.39 is 0 Å². The molecule has 0 spiro atoms. The average molecular weight is 181 g/mol. The second kappa shape index (κ2) is 3.12.